The first-order valence-electron chi connectivity index (χ1n) is 7.64. The highest BCUT2D eigenvalue weighted by Gasteiger charge is 2.28. The quantitative estimate of drug-likeness (QED) is 0.643. The van der Waals surface area contributed by atoms with E-state index in [0.717, 1.165) is 37.4 Å². The monoisotopic (exact) mass is 292 g/mol. The van der Waals surface area contributed by atoms with Gasteiger partial charge < -0.3 is 20.1 Å². The topological polar surface area (TPSA) is 59.6 Å². The zero-order chi connectivity index (χ0) is 14.9. The molecule has 1 aliphatic carbocycles. The smallest absolute Gasteiger partial charge is 0.223 e. The predicted molar refractivity (Wildman–Crippen MR) is 81.7 cm³/mol. The lowest BCUT2D eigenvalue weighted by atomic mass is 10.3. The normalized spacial score (nSPS) is 13.8. The second-order valence-electron chi connectivity index (χ2n) is 5.04. The van der Waals surface area contributed by atoms with E-state index in [-0.39, 0.29) is 11.8 Å². The van der Waals surface area contributed by atoms with Crippen molar-refractivity contribution in [2.45, 2.75) is 19.8 Å². The van der Waals surface area contributed by atoms with Crippen molar-refractivity contribution in [3.63, 3.8) is 0 Å². The number of hydrogen-bond donors (Lipinski definition) is 2. The van der Waals surface area contributed by atoms with Crippen molar-refractivity contribution in [3.05, 3.63) is 24.3 Å². The Labute approximate surface area is 126 Å². The summed E-state index contributed by atoms with van der Waals surface area (Å²) in [6, 6.07) is 7.66. The number of para-hydroxylation sites is 2. The number of amides is 1. The van der Waals surface area contributed by atoms with Crippen LogP contribution in [0.25, 0.3) is 0 Å². The first kappa shape index (κ1) is 15.6. The molecule has 2 N–H and O–H groups in total. The largest absolute Gasteiger partial charge is 0.490 e. The lowest BCUT2D eigenvalue weighted by Gasteiger charge is -2.12. The predicted octanol–water partition coefficient (Wildman–Crippen LogP) is 1.58. The molecule has 116 valence electrons. The number of rotatable bonds is 10. The molecule has 0 spiro atoms. The second kappa shape index (κ2) is 8.52. The molecule has 0 saturated heterocycles. The van der Waals surface area contributed by atoms with Crippen LogP contribution in [0.1, 0.15) is 19.8 Å². The number of carbonyl (C=O) groups is 1. The van der Waals surface area contributed by atoms with Crippen molar-refractivity contribution in [2.75, 3.05) is 32.8 Å². The third kappa shape index (κ3) is 5.63. The van der Waals surface area contributed by atoms with E-state index in [0.29, 0.717) is 19.8 Å². The summed E-state index contributed by atoms with van der Waals surface area (Å²) in [5.41, 5.74) is 0. The van der Waals surface area contributed by atoms with Gasteiger partial charge in [0, 0.05) is 25.6 Å². The molecular formula is C16H24N2O3. The summed E-state index contributed by atoms with van der Waals surface area (Å²) < 4.78 is 11.2. The van der Waals surface area contributed by atoms with Crippen molar-refractivity contribution in [2.24, 2.45) is 5.92 Å². The summed E-state index contributed by atoms with van der Waals surface area (Å²) in [6.07, 6.45) is 2.10. The van der Waals surface area contributed by atoms with E-state index in [1.165, 1.54) is 0 Å². The minimum Gasteiger partial charge on any atom is -0.490 e. The molecule has 1 aromatic rings. The number of nitrogens with one attached hydrogen (secondary N) is 2. The van der Waals surface area contributed by atoms with Gasteiger partial charge in [0.2, 0.25) is 5.91 Å². The molecule has 0 heterocycles. The Balaban J connectivity index is 1.54. The van der Waals surface area contributed by atoms with Crippen molar-refractivity contribution in [1.82, 2.24) is 10.6 Å². The standard InChI is InChI=1S/C16H24N2O3/c1-2-20-14-5-3-4-6-15(14)21-12-11-17-9-10-18-16(19)13-7-8-13/h3-6,13,17H,2,7-12H2,1H3,(H,18,19). The first-order valence-corrected chi connectivity index (χ1v) is 7.64. The Morgan fingerprint density at radius 3 is 2.52 bits per heavy atom. The van der Waals surface area contributed by atoms with Crippen LogP contribution in [0.2, 0.25) is 0 Å². The molecule has 1 amide bonds. The van der Waals surface area contributed by atoms with Gasteiger partial charge in [0.1, 0.15) is 6.61 Å². The number of hydrogen-bond acceptors (Lipinski definition) is 4. The van der Waals surface area contributed by atoms with Crippen molar-refractivity contribution < 1.29 is 14.3 Å². The van der Waals surface area contributed by atoms with Gasteiger partial charge in [-0.25, -0.2) is 0 Å². The summed E-state index contributed by atoms with van der Waals surface area (Å²) in [5, 5.41) is 6.16. The van der Waals surface area contributed by atoms with Gasteiger partial charge in [-0.05, 0) is 31.9 Å². The van der Waals surface area contributed by atoms with E-state index in [4.69, 9.17) is 9.47 Å². The van der Waals surface area contributed by atoms with Crippen molar-refractivity contribution in [1.29, 1.82) is 0 Å². The highest BCUT2D eigenvalue weighted by Crippen LogP contribution is 2.28. The van der Waals surface area contributed by atoms with Crippen LogP contribution in [-0.2, 0) is 4.79 Å². The molecule has 0 radical (unpaired) electrons. The maximum atomic E-state index is 11.4. The van der Waals surface area contributed by atoms with Gasteiger partial charge in [-0.1, -0.05) is 12.1 Å². The van der Waals surface area contributed by atoms with E-state index in [1.54, 1.807) is 0 Å². The number of ether oxygens (including phenoxy) is 2. The van der Waals surface area contributed by atoms with Gasteiger partial charge >= 0.3 is 0 Å². The van der Waals surface area contributed by atoms with E-state index in [1.807, 2.05) is 31.2 Å². The summed E-state index contributed by atoms with van der Waals surface area (Å²) in [5.74, 6) is 2.02. The molecular weight excluding hydrogens is 268 g/mol. The van der Waals surface area contributed by atoms with Crippen molar-refractivity contribution in [3.8, 4) is 11.5 Å². The molecule has 1 aliphatic rings. The fourth-order valence-corrected chi connectivity index (χ4v) is 1.97. The Morgan fingerprint density at radius 1 is 1.14 bits per heavy atom. The summed E-state index contributed by atoms with van der Waals surface area (Å²) >= 11 is 0. The van der Waals surface area contributed by atoms with Gasteiger partial charge in [-0.2, -0.15) is 0 Å². The second-order valence-corrected chi connectivity index (χ2v) is 5.04. The summed E-state index contributed by atoms with van der Waals surface area (Å²) in [4.78, 5) is 11.4. The molecule has 0 unspecified atom stereocenters. The Bertz CT molecular complexity index is 447. The zero-order valence-corrected chi connectivity index (χ0v) is 12.6. The maximum absolute atomic E-state index is 11.4. The Hall–Kier alpha value is -1.75. The molecule has 5 heteroatoms. The molecule has 21 heavy (non-hydrogen) atoms. The Morgan fingerprint density at radius 2 is 1.86 bits per heavy atom. The van der Waals surface area contributed by atoms with Crippen LogP contribution in [-0.4, -0.2) is 38.8 Å². The SMILES string of the molecule is CCOc1ccccc1OCCNCCNC(=O)C1CC1. The summed E-state index contributed by atoms with van der Waals surface area (Å²) in [6.45, 7) is 5.31. The van der Waals surface area contributed by atoms with E-state index in [2.05, 4.69) is 10.6 Å². The van der Waals surface area contributed by atoms with Gasteiger partial charge in [0.25, 0.3) is 0 Å². The van der Waals surface area contributed by atoms with Crippen LogP contribution in [0.3, 0.4) is 0 Å². The maximum Gasteiger partial charge on any atom is 0.223 e. The van der Waals surface area contributed by atoms with Crippen LogP contribution in [0.4, 0.5) is 0 Å². The first-order chi connectivity index (χ1) is 10.3. The lowest BCUT2D eigenvalue weighted by molar-refractivity contribution is -0.122. The van der Waals surface area contributed by atoms with Crippen LogP contribution in [0.5, 0.6) is 11.5 Å². The minimum absolute atomic E-state index is 0.193. The van der Waals surface area contributed by atoms with Gasteiger partial charge in [-0.15, -0.1) is 0 Å². The highest BCUT2D eigenvalue weighted by atomic mass is 16.5. The van der Waals surface area contributed by atoms with Crippen LogP contribution >= 0.6 is 0 Å². The molecule has 5 nitrogen and oxygen atoms in total. The molecule has 1 saturated carbocycles. The van der Waals surface area contributed by atoms with E-state index < -0.39 is 0 Å². The van der Waals surface area contributed by atoms with Crippen LogP contribution in [0.15, 0.2) is 24.3 Å². The zero-order valence-electron chi connectivity index (χ0n) is 12.6. The third-order valence-corrected chi connectivity index (χ3v) is 3.23. The molecule has 1 fully saturated rings. The Kier molecular flexibility index (Phi) is 6.34. The molecule has 2 rings (SSSR count). The molecule has 0 atom stereocenters. The molecule has 0 aliphatic heterocycles. The molecule has 0 aromatic heterocycles. The van der Waals surface area contributed by atoms with Gasteiger partial charge in [0.15, 0.2) is 11.5 Å². The third-order valence-electron chi connectivity index (χ3n) is 3.23. The minimum atomic E-state index is 0.193. The fourth-order valence-electron chi connectivity index (χ4n) is 1.97. The lowest BCUT2D eigenvalue weighted by Crippen LogP contribution is -2.34. The van der Waals surface area contributed by atoms with E-state index >= 15 is 0 Å². The average Bonchev–Trinajstić information content (AvgIpc) is 3.32. The summed E-state index contributed by atoms with van der Waals surface area (Å²) in [7, 11) is 0. The fraction of sp³-hybridized carbons (Fsp3) is 0.562. The molecule has 1 aromatic carbocycles. The van der Waals surface area contributed by atoms with Gasteiger partial charge in [-0.3, -0.25) is 4.79 Å². The highest BCUT2D eigenvalue weighted by molar-refractivity contribution is 5.80. The molecule has 0 bridgehead atoms. The van der Waals surface area contributed by atoms with Crippen LogP contribution in [0, 0.1) is 5.92 Å². The average molecular weight is 292 g/mol. The van der Waals surface area contributed by atoms with E-state index in [9.17, 15) is 4.79 Å². The van der Waals surface area contributed by atoms with Crippen LogP contribution < -0.4 is 20.1 Å². The van der Waals surface area contributed by atoms with Crippen molar-refractivity contribution >= 4 is 5.91 Å². The number of benzene rings is 1. The van der Waals surface area contributed by atoms with Gasteiger partial charge in [0.05, 0.1) is 6.61 Å². The number of carbonyl (C=O) groups excluding carboxylic acids is 1.